The number of nitrogens with zero attached hydrogens (tertiary/aromatic N) is 3. The number of carbonyl (C=O) groups excluding carboxylic acids is 1. The molecule has 8 heteroatoms. The van der Waals surface area contributed by atoms with Gasteiger partial charge in [0.1, 0.15) is 0 Å². The molecule has 0 N–H and O–H groups in total. The fraction of sp³-hybridized carbons (Fsp3) is 0.471. The molecule has 1 aromatic rings. The third kappa shape index (κ3) is 4.46. The summed E-state index contributed by atoms with van der Waals surface area (Å²) in [4.78, 5) is 14.0. The number of benzene rings is 1. The van der Waals surface area contributed by atoms with E-state index in [0.717, 1.165) is 5.56 Å². The van der Waals surface area contributed by atoms with Crippen molar-refractivity contribution >= 4 is 22.2 Å². The van der Waals surface area contributed by atoms with Crippen LogP contribution in [-0.2, 0) is 19.7 Å². The molecule has 7 nitrogen and oxygen atoms in total. The normalized spacial score (nSPS) is 20.9. The van der Waals surface area contributed by atoms with E-state index in [0.29, 0.717) is 52.5 Å². The second-order valence-electron chi connectivity index (χ2n) is 5.99. The van der Waals surface area contributed by atoms with Crippen LogP contribution >= 0.6 is 0 Å². The summed E-state index contributed by atoms with van der Waals surface area (Å²) < 4.78 is 33.3. The first-order chi connectivity index (χ1) is 12.1. The third-order valence-corrected chi connectivity index (χ3v) is 6.43. The molecule has 0 aromatic heterocycles. The Labute approximate surface area is 148 Å². The molecule has 1 amide bonds. The summed E-state index contributed by atoms with van der Waals surface area (Å²) in [6.45, 7) is 3.10. The topological polar surface area (TPSA) is 70.2 Å². The molecule has 1 aromatic carbocycles. The smallest absolute Gasteiger partial charge is 0.282 e. The molecule has 136 valence electrons. The summed E-state index contributed by atoms with van der Waals surface area (Å²) in [5, 5.41) is 0. The van der Waals surface area contributed by atoms with E-state index in [2.05, 4.69) is 0 Å². The molecule has 0 saturated carbocycles. The molecule has 2 aliphatic rings. The zero-order valence-corrected chi connectivity index (χ0v) is 14.9. The van der Waals surface area contributed by atoms with Crippen LogP contribution in [0, 0.1) is 0 Å². The highest BCUT2D eigenvalue weighted by atomic mass is 32.2. The maximum absolute atomic E-state index is 12.6. The minimum atomic E-state index is -3.46. The molecule has 0 aliphatic carbocycles. The van der Waals surface area contributed by atoms with Gasteiger partial charge in [-0.25, -0.2) is 0 Å². The number of amides is 1. The van der Waals surface area contributed by atoms with Crippen molar-refractivity contribution in [2.75, 3.05) is 52.5 Å². The maximum atomic E-state index is 12.6. The largest absolute Gasteiger partial charge is 0.379 e. The number of hydrogen-bond acceptors (Lipinski definition) is 4. The first-order valence-electron chi connectivity index (χ1n) is 8.42. The van der Waals surface area contributed by atoms with Crippen LogP contribution in [0.3, 0.4) is 0 Å². The van der Waals surface area contributed by atoms with E-state index in [-0.39, 0.29) is 5.91 Å². The SMILES string of the molecule is O=C(/C=C/c1ccccc1)N1CCN(S(=O)(=O)N2CCOCC2)CC1. The Morgan fingerprint density at radius 3 is 2.16 bits per heavy atom. The Hall–Kier alpha value is -1.74. The summed E-state index contributed by atoms with van der Waals surface area (Å²) in [7, 11) is -3.46. The molecular formula is C17H23N3O4S. The fourth-order valence-electron chi connectivity index (χ4n) is 2.92. The Morgan fingerprint density at radius 1 is 0.920 bits per heavy atom. The number of ether oxygens (including phenoxy) is 1. The van der Waals surface area contributed by atoms with Crippen LogP contribution in [0.4, 0.5) is 0 Å². The van der Waals surface area contributed by atoms with E-state index in [9.17, 15) is 13.2 Å². The van der Waals surface area contributed by atoms with Crippen LogP contribution in [0.1, 0.15) is 5.56 Å². The summed E-state index contributed by atoms with van der Waals surface area (Å²) in [5.41, 5.74) is 0.962. The van der Waals surface area contributed by atoms with E-state index < -0.39 is 10.2 Å². The van der Waals surface area contributed by atoms with Crippen LogP contribution in [0.2, 0.25) is 0 Å². The molecule has 3 rings (SSSR count). The van der Waals surface area contributed by atoms with Crippen LogP contribution in [0.25, 0.3) is 6.08 Å². The van der Waals surface area contributed by atoms with Gasteiger partial charge in [0, 0.05) is 45.3 Å². The molecule has 0 atom stereocenters. The third-order valence-electron chi connectivity index (χ3n) is 4.39. The lowest BCUT2D eigenvalue weighted by Gasteiger charge is -2.37. The number of piperazine rings is 1. The number of morpholine rings is 1. The van der Waals surface area contributed by atoms with E-state index >= 15 is 0 Å². The number of carbonyl (C=O) groups is 1. The number of rotatable bonds is 4. The monoisotopic (exact) mass is 365 g/mol. The van der Waals surface area contributed by atoms with Crippen molar-refractivity contribution in [1.29, 1.82) is 0 Å². The van der Waals surface area contributed by atoms with Crippen molar-refractivity contribution in [3.05, 3.63) is 42.0 Å². The highest BCUT2D eigenvalue weighted by Gasteiger charge is 2.33. The molecule has 0 radical (unpaired) electrons. The van der Waals surface area contributed by atoms with Crippen LogP contribution in [-0.4, -0.2) is 80.3 Å². The Kier molecular flexibility index (Phi) is 5.85. The molecular weight excluding hydrogens is 342 g/mol. The second kappa shape index (κ2) is 8.09. The van der Waals surface area contributed by atoms with E-state index in [4.69, 9.17) is 4.74 Å². The Morgan fingerprint density at radius 2 is 1.52 bits per heavy atom. The molecule has 2 aliphatic heterocycles. The second-order valence-corrected chi connectivity index (χ2v) is 7.92. The van der Waals surface area contributed by atoms with E-state index in [1.54, 1.807) is 17.1 Å². The summed E-state index contributed by atoms with van der Waals surface area (Å²) in [6.07, 6.45) is 3.32. The van der Waals surface area contributed by atoms with Crippen LogP contribution < -0.4 is 0 Å². The van der Waals surface area contributed by atoms with Crippen molar-refractivity contribution in [2.45, 2.75) is 0 Å². The zero-order valence-electron chi connectivity index (χ0n) is 14.1. The zero-order chi connectivity index (χ0) is 17.7. The van der Waals surface area contributed by atoms with Gasteiger partial charge in [0.15, 0.2) is 0 Å². The summed E-state index contributed by atoms with van der Waals surface area (Å²) in [5.74, 6) is -0.0905. The average molecular weight is 365 g/mol. The van der Waals surface area contributed by atoms with E-state index in [1.807, 2.05) is 30.3 Å². The first kappa shape index (κ1) is 18.1. The van der Waals surface area contributed by atoms with E-state index in [1.165, 1.54) is 8.61 Å². The van der Waals surface area contributed by atoms with Gasteiger partial charge in [-0.1, -0.05) is 30.3 Å². The van der Waals surface area contributed by atoms with Gasteiger partial charge in [-0.05, 0) is 11.6 Å². The van der Waals surface area contributed by atoms with Crippen molar-refractivity contribution in [3.8, 4) is 0 Å². The lowest BCUT2D eigenvalue weighted by molar-refractivity contribution is -0.127. The first-order valence-corrected chi connectivity index (χ1v) is 9.82. The van der Waals surface area contributed by atoms with Crippen molar-refractivity contribution in [1.82, 2.24) is 13.5 Å². The average Bonchev–Trinajstić information content (AvgIpc) is 2.68. The predicted molar refractivity (Wildman–Crippen MR) is 94.9 cm³/mol. The van der Waals surface area contributed by atoms with Crippen molar-refractivity contribution in [3.63, 3.8) is 0 Å². The van der Waals surface area contributed by atoms with Gasteiger partial charge in [0.25, 0.3) is 10.2 Å². The van der Waals surface area contributed by atoms with Crippen molar-refractivity contribution < 1.29 is 17.9 Å². The van der Waals surface area contributed by atoms with Crippen LogP contribution in [0.15, 0.2) is 36.4 Å². The van der Waals surface area contributed by atoms with Gasteiger partial charge >= 0.3 is 0 Å². The van der Waals surface area contributed by atoms with Gasteiger partial charge in [-0.3, -0.25) is 4.79 Å². The molecule has 2 saturated heterocycles. The molecule has 0 bridgehead atoms. The lowest BCUT2D eigenvalue weighted by atomic mass is 10.2. The summed E-state index contributed by atoms with van der Waals surface area (Å²) >= 11 is 0. The van der Waals surface area contributed by atoms with Gasteiger partial charge in [-0.2, -0.15) is 17.0 Å². The quantitative estimate of drug-likeness (QED) is 0.725. The highest BCUT2D eigenvalue weighted by Crippen LogP contribution is 2.14. The Bertz CT molecular complexity index is 707. The van der Waals surface area contributed by atoms with Gasteiger partial charge in [0.2, 0.25) is 5.91 Å². The lowest BCUT2D eigenvalue weighted by Crippen LogP contribution is -2.55. The molecule has 0 unspecified atom stereocenters. The molecule has 2 heterocycles. The van der Waals surface area contributed by atoms with Crippen molar-refractivity contribution in [2.24, 2.45) is 0 Å². The molecule has 25 heavy (non-hydrogen) atoms. The molecule has 2 fully saturated rings. The van der Waals surface area contributed by atoms with Gasteiger partial charge in [0.05, 0.1) is 13.2 Å². The van der Waals surface area contributed by atoms with Gasteiger partial charge in [-0.15, -0.1) is 0 Å². The predicted octanol–water partition coefficient (Wildman–Crippen LogP) is 0.421. The Balaban J connectivity index is 1.54. The standard InChI is InChI=1S/C17H23N3O4S/c21-17(7-6-16-4-2-1-3-5-16)18-8-10-19(11-9-18)25(22,23)20-12-14-24-15-13-20/h1-7H,8-15H2/b7-6+. The fourth-order valence-corrected chi connectivity index (χ4v) is 4.48. The minimum Gasteiger partial charge on any atom is -0.379 e. The van der Waals surface area contributed by atoms with Gasteiger partial charge < -0.3 is 9.64 Å². The minimum absolute atomic E-state index is 0.0905. The highest BCUT2D eigenvalue weighted by molar-refractivity contribution is 7.86. The maximum Gasteiger partial charge on any atom is 0.282 e. The number of hydrogen-bond donors (Lipinski definition) is 0. The summed E-state index contributed by atoms with van der Waals surface area (Å²) in [6, 6.07) is 9.61. The molecule has 0 spiro atoms. The van der Waals surface area contributed by atoms with Crippen LogP contribution in [0.5, 0.6) is 0 Å².